The molecule has 2 rings (SSSR count). The number of carbonyl (C=O) groups excluding carboxylic acids is 1. The van der Waals surface area contributed by atoms with E-state index in [1.807, 2.05) is 31.2 Å². The van der Waals surface area contributed by atoms with Crippen LogP contribution in [-0.2, 0) is 11.2 Å². The molecule has 0 spiro atoms. The van der Waals surface area contributed by atoms with Gasteiger partial charge in [-0.05, 0) is 25.1 Å². The Morgan fingerprint density at radius 2 is 1.78 bits per heavy atom. The van der Waals surface area contributed by atoms with Crippen LogP contribution in [-0.4, -0.2) is 11.0 Å². The molecular formula is C15H15NO2. The van der Waals surface area contributed by atoms with Gasteiger partial charge in [-0.25, -0.2) is 0 Å². The van der Waals surface area contributed by atoms with Crippen molar-refractivity contribution >= 4 is 11.6 Å². The number of hydrogen-bond acceptors (Lipinski definition) is 2. The summed E-state index contributed by atoms with van der Waals surface area (Å²) in [5, 5.41) is 12.4. The lowest BCUT2D eigenvalue weighted by Gasteiger charge is -2.06. The Morgan fingerprint density at radius 1 is 1.11 bits per heavy atom. The molecule has 18 heavy (non-hydrogen) atoms. The molecule has 0 saturated heterocycles. The lowest BCUT2D eigenvalue weighted by Crippen LogP contribution is -2.14. The van der Waals surface area contributed by atoms with Crippen LogP contribution in [0.15, 0.2) is 48.5 Å². The minimum Gasteiger partial charge on any atom is -0.508 e. The molecule has 3 heteroatoms. The van der Waals surface area contributed by atoms with Gasteiger partial charge in [0.05, 0.1) is 6.42 Å². The summed E-state index contributed by atoms with van der Waals surface area (Å²) in [7, 11) is 0. The Balaban J connectivity index is 2.01. The zero-order valence-electron chi connectivity index (χ0n) is 10.2. The first-order valence-electron chi connectivity index (χ1n) is 5.78. The van der Waals surface area contributed by atoms with E-state index in [1.54, 1.807) is 24.3 Å². The van der Waals surface area contributed by atoms with Crippen LogP contribution in [0.25, 0.3) is 0 Å². The fourth-order valence-corrected chi connectivity index (χ4v) is 1.68. The number of amides is 1. The topological polar surface area (TPSA) is 49.3 Å². The third-order valence-corrected chi connectivity index (χ3v) is 2.68. The van der Waals surface area contributed by atoms with E-state index in [2.05, 4.69) is 5.32 Å². The number of para-hydroxylation sites is 1. The van der Waals surface area contributed by atoms with E-state index in [9.17, 15) is 9.90 Å². The highest BCUT2D eigenvalue weighted by atomic mass is 16.3. The van der Waals surface area contributed by atoms with Crippen molar-refractivity contribution in [3.05, 3.63) is 59.7 Å². The smallest absolute Gasteiger partial charge is 0.228 e. The highest BCUT2D eigenvalue weighted by Crippen LogP contribution is 2.17. The van der Waals surface area contributed by atoms with Gasteiger partial charge < -0.3 is 10.4 Å². The third kappa shape index (κ3) is 3.10. The van der Waals surface area contributed by atoms with Crippen molar-refractivity contribution in [1.82, 2.24) is 0 Å². The van der Waals surface area contributed by atoms with Gasteiger partial charge in [-0.15, -0.1) is 0 Å². The van der Waals surface area contributed by atoms with Gasteiger partial charge in [-0.1, -0.05) is 35.9 Å². The van der Waals surface area contributed by atoms with Crippen LogP contribution in [0.4, 0.5) is 5.69 Å². The Labute approximate surface area is 106 Å². The first-order chi connectivity index (χ1) is 8.65. The van der Waals surface area contributed by atoms with Crippen molar-refractivity contribution in [3.8, 4) is 5.75 Å². The number of anilines is 1. The molecule has 2 aromatic carbocycles. The van der Waals surface area contributed by atoms with Crippen LogP contribution in [0.1, 0.15) is 11.1 Å². The second kappa shape index (κ2) is 5.36. The molecule has 0 aliphatic carbocycles. The number of rotatable bonds is 3. The second-order valence-corrected chi connectivity index (χ2v) is 4.22. The van der Waals surface area contributed by atoms with Gasteiger partial charge >= 0.3 is 0 Å². The van der Waals surface area contributed by atoms with E-state index >= 15 is 0 Å². The van der Waals surface area contributed by atoms with Gasteiger partial charge in [0.1, 0.15) is 5.75 Å². The SMILES string of the molecule is Cc1ccc(NC(=O)Cc2ccccc2O)cc1. The molecule has 92 valence electrons. The standard InChI is InChI=1S/C15H15NO2/c1-11-6-8-13(9-7-11)16-15(18)10-12-4-2-3-5-14(12)17/h2-9,17H,10H2,1H3,(H,16,18). The Kier molecular flexibility index (Phi) is 3.63. The molecule has 0 heterocycles. The van der Waals surface area contributed by atoms with Crippen LogP contribution in [0.3, 0.4) is 0 Å². The number of carbonyl (C=O) groups is 1. The fraction of sp³-hybridized carbons (Fsp3) is 0.133. The average Bonchev–Trinajstić information content (AvgIpc) is 2.35. The van der Waals surface area contributed by atoms with Crippen molar-refractivity contribution in [1.29, 1.82) is 0 Å². The number of benzene rings is 2. The summed E-state index contributed by atoms with van der Waals surface area (Å²) in [6.45, 7) is 1.99. The largest absolute Gasteiger partial charge is 0.508 e. The van der Waals surface area contributed by atoms with Gasteiger partial charge in [0.15, 0.2) is 0 Å². The zero-order valence-corrected chi connectivity index (χ0v) is 10.2. The second-order valence-electron chi connectivity index (χ2n) is 4.22. The van der Waals surface area contributed by atoms with Crippen molar-refractivity contribution in [2.75, 3.05) is 5.32 Å². The monoisotopic (exact) mass is 241 g/mol. The van der Waals surface area contributed by atoms with Gasteiger partial charge in [-0.2, -0.15) is 0 Å². The molecule has 3 nitrogen and oxygen atoms in total. The summed E-state index contributed by atoms with van der Waals surface area (Å²) in [6, 6.07) is 14.4. The van der Waals surface area contributed by atoms with Crippen molar-refractivity contribution in [2.45, 2.75) is 13.3 Å². The van der Waals surface area contributed by atoms with Gasteiger partial charge in [-0.3, -0.25) is 4.79 Å². The molecule has 0 fully saturated rings. The number of nitrogens with one attached hydrogen (secondary N) is 1. The number of phenolic OH excluding ortho intramolecular Hbond substituents is 1. The molecule has 0 aliphatic heterocycles. The van der Waals surface area contributed by atoms with Crippen molar-refractivity contribution < 1.29 is 9.90 Å². The van der Waals surface area contributed by atoms with E-state index in [4.69, 9.17) is 0 Å². The number of aromatic hydroxyl groups is 1. The van der Waals surface area contributed by atoms with Crippen LogP contribution in [0.2, 0.25) is 0 Å². The third-order valence-electron chi connectivity index (χ3n) is 2.68. The number of hydrogen-bond donors (Lipinski definition) is 2. The Bertz CT molecular complexity index is 547. The Hall–Kier alpha value is -2.29. The summed E-state index contributed by atoms with van der Waals surface area (Å²) < 4.78 is 0. The quantitative estimate of drug-likeness (QED) is 0.868. The summed E-state index contributed by atoms with van der Waals surface area (Å²) in [4.78, 5) is 11.8. The molecular weight excluding hydrogens is 226 g/mol. The molecule has 2 N–H and O–H groups in total. The average molecular weight is 241 g/mol. The highest BCUT2D eigenvalue weighted by molar-refractivity contribution is 5.92. The molecule has 1 amide bonds. The maximum absolute atomic E-state index is 11.8. The maximum Gasteiger partial charge on any atom is 0.228 e. The molecule has 0 aliphatic rings. The van der Waals surface area contributed by atoms with E-state index in [1.165, 1.54) is 0 Å². The minimum absolute atomic E-state index is 0.139. The summed E-state index contributed by atoms with van der Waals surface area (Å²) in [5.41, 5.74) is 2.54. The van der Waals surface area contributed by atoms with Gasteiger partial charge in [0.25, 0.3) is 0 Å². The molecule has 0 unspecified atom stereocenters. The lowest BCUT2D eigenvalue weighted by atomic mass is 10.1. The zero-order chi connectivity index (χ0) is 13.0. The van der Waals surface area contributed by atoms with E-state index in [0.29, 0.717) is 5.56 Å². The summed E-state index contributed by atoms with van der Waals surface area (Å²) in [5.74, 6) is 0.0110. The van der Waals surface area contributed by atoms with Gasteiger partial charge in [0, 0.05) is 11.3 Å². The summed E-state index contributed by atoms with van der Waals surface area (Å²) >= 11 is 0. The molecule has 0 radical (unpaired) electrons. The minimum atomic E-state index is -0.139. The lowest BCUT2D eigenvalue weighted by molar-refractivity contribution is -0.115. The van der Waals surface area contributed by atoms with Crippen LogP contribution in [0, 0.1) is 6.92 Å². The van der Waals surface area contributed by atoms with Crippen molar-refractivity contribution in [3.63, 3.8) is 0 Å². The molecule has 0 atom stereocenters. The number of phenols is 1. The first kappa shape index (κ1) is 12.2. The molecule has 2 aromatic rings. The van der Waals surface area contributed by atoms with Crippen molar-refractivity contribution in [2.24, 2.45) is 0 Å². The van der Waals surface area contributed by atoms with Crippen LogP contribution in [0.5, 0.6) is 5.75 Å². The predicted octanol–water partition coefficient (Wildman–Crippen LogP) is 2.88. The fourth-order valence-electron chi connectivity index (χ4n) is 1.68. The molecule has 0 aromatic heterocycles. The maximum atomic E-state index is 11.8. The Morgan fingerprint density at radius 3 is 2.44 bits per heavy atom. The van der Waals surface area contributed by atoms with E-state index in [-0.39, 0.29) is 18.1 Å². The predicted molar refractivity (Wildman–Crippen MR) is 71.6 cm³/mol. The van der Waals surface area contributed by atoms with Crippen LogP contribution < -0.4 is 5.32 Å². The summed E-state index contributed by atoms with van der Waals surface area (Å²) in [6.07, 6.45) is 0.167. The van der Waals surface area contributed by atoms with Gasteiger partial charge in [0.2, 0.25) is 5.91 Å². The molecule has 0 saturated carbocycles. The first-order valence-corrected chi connectivity index (χ1v) is 5.78. The number of aryl methyl sites for hydroxylation is 1. The van der Waals surface area contributed by atoms with E-state index < -0.39 is 0 Å². The van der Waals surface area contributed by atoms with E-state index in [0.717, 1.165) is 11.3 Å². The molecule has 0 bridgehead atoms. The normalized spacial score (nSPS) is 10.1. The van der Waals surface area contributed by atoms with Crippen LogP contribution >= 0.6 is 0 Å². The highest BCUT2D eigenvalue weighted by Gasteiger charge is 2.07.